The maximum absolute atomic E-state index is 14.2. The van der Waals surface area contributed by atoms with Crippen molar-refractivity contribution in [3.05, 3.63) is 82.4 Å². The fourth-order valence-electron chi connectivity index (χ4n) is 5.68. The molecule has 1 aliphatic heterocycles. The van der Waals surface area contributed by atoms with Gasteiger partial charge >= 0.3 is 0 Å². The third-order valence-corrected chi connectivity index (χ3v) is 9.28. The number of benzene rings is 3. The molecule has 0 fully saturated rings. The van der Waals surface area contributed by atoms with Crippen molar-refractivity contribution in [3.8, 4) is 0 Å². The van der Waals surface area contributed by atoms with Crippen molar-refractivity contribution in [2.75, 3.05) is 14.9 Å². The molecule has 0 aromatic heterocycles. The molecule has 1 atom stereocenters. The van der Waals surface area contributed by atoms with Gasteiger partial charge in [-0.2, -0.15) is 0 Å². The summed E-state index contributed by atoms with van der Waals surface area (Å²) in [5, 5.41) is 5.76. The van der Waals surface area contributed by atoms with Crippen molar-refractivity contribution in [1.29, 1.82) is 0 Å². The number of para-hydroxylation sites is 2. The zero-order valence-electron chi connectivity index (χ0n) is 21.3. The van der Waals surface area contributed by atoms with Gasteiger partial charge in [-0.05, 0) is 86.9 Å². The fraction of sp³-hybridized carbons (Fsp3) is 0.310. The van der Waals surface area contributed by atoms with E-state index in [1.54, 1.807) is 38.1 Å². The quantitative estimate of drug-likeness (QED) is 0.496. The van der Waals surface area contributed by atoms with Gasteiger partial charge in [-0.15, -0.1) is 0 Å². The summed E-state index contributed by atoms with van der Waals surface area (Å²) >= 11 is 0. The van der Waals surface area contributed by atoms with Crippen LogP contribution in [0, 0.1) is 20.8 Å². The van der Waals surface area contributed by atoms with Gasteiger partial charge in [-0.25, -0.2) is 8.42 Å². The first-order valence-electron chi connectivity index (χ1n) is 12.6. The summed E-state index contributed by atoms with van der Waals surface area (Å²) in [6.07, 6.45) is 3.73. The van der Waals surface area contributed by atoms with E-state index in [1.165, 1.54) is 5.56 Å². The van der Waals surface area contributed by atoms with Gasteiger partial charge in [0.2, 0.25) is 11.8 Å². The van der Waals surface area contributed by atoms with Gasteiger partial charge in [-0.1, -0.05) is 42.0 Å². The van der Waals surface area contributed by atoms with E-state index in [4.69, 9.17) is 0 Å². The van der Waals surface area contributed by atoms with Crippen LogP contribution in [-0.2, 0) is 32.5 Å². The summed E-state index contributed by atoms with van der Waals surface area (Å²) in [6, 6.07) is 15.0. The SMILES string of the molecule is Cc1cc(C)c(S(=O)(=O)N2c3ccccc3NC(=O)C2CC(=O)Nc2cccc3c2CCCC3)c(C)c1. The van der Waals surface area contributed by atoms with Crippen LogP contribution in [0.5, 0.6) is 0 Å². The molecular weight excluding hydrogens is 486 g/mol. The molecule has 2 N–H and O–H groups in total. The molecule has 0 saturated heterocycles. The Balaban J connectivity index is 1.53. The molecule has 1 heterocycles. The Morgan fingerprint density at radius 1 is 1.00 bits per heavy atom. The topological polar surface area (TPSA) is 95.6 Å². The maximum atomic E-state index is 14.2. The largest absolute Gasteiger partial charge is 0.326 e. The zero-order chi connectivity index (χ0) is 26.3. The zero-order valence-corrected chi connectivity index (χ0v) is 22.1. The predicted octanol–water partition coefficient (Wildman–Crippen LogP) is 5.04. The second-order valence-electron chi connectivity index (χ2n) is 9.95. The molecule has 37 heavy (non-hydrogen) atoms. The van der Waals surface area contributed by atoms with E-state index < -0.39 is 27.9 Å². The average Bonchev–Trinajstić information content (AvgIpc) is 2.83. The Kier molecular flexibility index (Phi) is 6.54. The lowest BCUT2D eigenvalue weighted by Crippen LogP contribution is -2.52. The monoisotopic (exact) mass is 517 g/mol. The highest BCUT2D eigenvalue weighted by Crippen LogP contribution is 2.39. The summed E-state index contributed by atoms with van der Waals surface area (Å²) in [5.41, 5.74) is 5.97. The van der Waals surface area contributed by atoms with E-state index in [9.17, 15) is 18.0 Å². The molecule has 5 rings (SSSR count). The van der Waals surface area contributed by atoms with Gasteiger partial charge in [0.05, 0.1) is 22.7 Å². The molecule has 2 amide bonds. The highest BCUT2D eigenvalue weighted by Gasteiger charge is 2.43. The third-order valence-electron chi connectivity index (χ3n) is 7.16. The molecule has 0 spiro atoms. The summed E-state index contributed by atoms with van der Waals surface area (Å²) in [5.74, 6) is -0.939. The Labute approximate surface area is 217 Å². The normalized spacial score (nSPS) is 17.0. The van der Waals surface area contributed by atoms with Crippen LogP contribution < -0.4 is 14.9 Å². The average molecular weight is 518 g/mol. The minimum Gasteiger partial charge on any atom is -0.326 e. The summed E-state index contributed by atoms with van der Waals surface area (Å²) < 4.78 is 29.5. The van der Waals surface area contributed by atoms with Crippen molar-refractivity contribution in [2.45, 2.75) is 63.8 Å². The predicted molar refractivity (Wildman–Crippen MR) is 146 cm³/mol. The van der Waals surface area contributed by atoms with Gasteiger partial charge < -0.3 is 10.6 Å². The molecule has 3 aromatic rings. The van der Waals surface area contributed by atoms with Crippen LogP contribution in [0.3, 0.4) is 0 Å². The van der Waals surface area contributed by atoms with E-state index in [-0.39, 0.29) is 11.3 Å². The molecule has 1 aliphatic carbocycles. The first-order valence-corrected chi connectivity index (χ1v) is 14.0. The Morgan fingerprint density at radius 2 is 1.70 bits per heavy atom. The highest BCUT2D eigenvalue weighted by atomic mass is 32.2. The minimum atomic E-state index is -4.18. The second-order valence-corrected chi connectivity index (χ2v) is 11.7. The first kappa shape index (κ1) is 25.0. The van der Waals surface area contributed by atoms with Crippen LogP contribution in [-0.4, -0.2) is 26.3 Å². The smallest absolute Gasteiger partial charge is 0.265 e. The number of aryl methyl sites for hydroxylation is 4. The standard InChI is InChI=1S/C29H31N3O4S/c1-18-15-19(2)28(20(3)16-18)37(35,36)32-25-14-7-6-12-24(25)31-29(34)26(32)17-27(33)30-23-13-8-10-21-9-4-5-11-22(21)23/h6-8,10,12-16,26H,4-5,9,11,17H2,1-3H3,(H,30,33)(H,31,34). The van der Waals surface area contributed by atoms with Gasteiger partial charge in [-0.3, -0.25) is 13.9 Å². The number of anilines is 3. The number of hydrogen-bond donors (Lipinski definition) is 2. The number of amides is 2. The molecule has 7 nitrogen and oxygen atoms in total. The number of sulfonamides is 1. The van der Waals surface area contributed by atoms with Crippen LogP contribution >= 0.6 is 0 Å². The van der Waals surface area contributed by atoms with Crippen LogP contribution in [0.1, 0.15) is 47.1 Å². The number of hydrogen-bond acceptors (Lipinski definition) is 4. The molecule has 192 valence electrons. The van der Waals surface area contributed by atoms with E-state index in [1.807, 2.05) is 31.2 Å². The van der Waals surface area contributed by atoms with Crippen LogP contribution in [0.25, 0.3) is 0 Å². The first-order chi connectivity index (χ1) is 17.7. The van der Waals surface area contributed by atoms with Crippen molar-refractivity contribution in [2.24, 2.45) is 0 Å². The second kappa shape index (κ2) is 9.67. The highest BCUT2D eigenvalue weighted by molar-refractivity contribution is 7.93. The Morgan fingerprint density at radius 3 is 2.46 bits per heavy atom. The number of nitrogens with one attached hydrogen (secondary N) is 2. The van der Waals surface area contributed by atoms with E-state index in [0.717, 1.165) is 46.8 Å². The maximum Gasteiger partial charge on any atom is 0.265 e. The lowest BCUT2D eigenvalue weighted by atomic mass is 9.90. The Hall–Kier alpha value is -3.65. The fourth-order valence-corrected chi connectivity index (χ4v) is 7.73. The number of carbonyl (C=O) groups excluding carboxylic acids is 2. The molecule has 0 radical (unpaired) electrons. The third kappa shape index (κ3) is 4.62. The van der Waals surface area contributed by atoms with Crippen LogP contribution in [0.15, 0.2) is 59.5 Å². The van der Waals surface area contributed by atoms with Crippen LogP contribution in [0.2, 0.25) is 0 Å². The van der Waals surface area contributed by atoms with Crippen molar-refractivity contribution < 1.29 is 18.0 Å². The van der Waals surface area contributed by atoms with Crippen molar-refractivity contribution >= 4 is 38.9 Å². The van der Waals surface area contributed by atoms with Crippen molar-refractivity contribution in [3.63, 3.8) is 0 Å². The molecule has 1 unspecified atom stereocenters. The number of carbonyl (C=O) groups is 2. The summed E-state index contributed by atoms with van der Waals surface area (Å²) in [4.78, 5) is 26.7. The lowest BCUT2D eigenvalue weighted by molar-refractivity contribution is -0.122. The molecular formula is C29H31N3O4S. The molecule has 2 aliphatic rings. The Bertz CT molecular complexity index is 1490. The molecule has 3 aromatic carbocycles. The summed E-state index contributed by atoms with van der Waals surface area (Å²) in [7, 11) is -4.18. The van der Waals surface area contributed by atoms with Crippen molar-refractivity contribution in [1.82, 2.24) is 0 Å². The van der Waals surface area contributed by atoms with Gasteiger partial charge in [0, 0.05) is 5.69 Å². The van der Waals surface area contributed by atoms with Crippen LogP contribution in [0.4, 0.5) is 17.1 Å². The van der Waals surface area contributed by atoms with E-state index in [0.29, 0.717) is 22.5 Å². The van der Waals surface area contributed by atoms with Gasteiger partial charge in [0.15, 0.2) is 0 Å². The summed E-state index contributed by atoms with van der Waals surface area (Å²) in [6.45, 7) is 5.42. The lowest BCUT2D eigenvalue weighted by Gasteiger charge is -2.37. The molecule has 0 bridgehead atoms. The van der Waals surface area contributed by atoms with E-state index in [2.05, 4.69) is 16.7 Å². The van der Waals surface area contributed by atoms with E-state index >= 15 is 0 Å². The number of rotatable bonds is 5. The minimum absolute atomic E-state index is 0.158. The molecule has 8 heteroatoms. The van der Waals surface area contributed by atoms with Gasteiger partial charge in [0.25, 0.3) is 10.0 Å². The number of fused-ring (bicyclic) bond motifs is 2. The number of nitrogens with zero attached hydrogens (tertiary/aromatic N) is 1. The molecule has 0 saturated carbocycles. The van der Waals surface area contributed by atoms with Gasteiger partial charge in [0.1, 0.15) is 6.04 Å².